The van der Waals surface area contributed by atoms with E-state index in [1.165, 1.54) is 30.2 Å². The Bertz CT molecular complexity index is 2080. The van der Waals surface area contributed by atoms with Crippen LogP contribution in [0.2, 0.25) is 0 Å². The monoisotopic (exact) mass is 720 g/mol. The molecular formula is C40H40N4O5S2. The molecule has 0 saturated heterocycles. The molecule has 0 spiro atoms. The number of amides is 3. The molecule has 0 bridgehead atoms. The van der Waals surface area contributed by atoms with Crippen molar-refractivity contribution in [3.05, 3.63) is 118 Å². The van der Waals surface area contributed by atoms with Crippen LogP contribution in [0.15, 0.2) is 95.7 Å². The number of aromatic amines is 1. The summed E-state index contributed by atoms with van der Waals surface area (Å²) in [5.74, 6) is -1.54. The first kappa shape index (κ1) is 35.7. The first-order valence-electron chi connectivity index (χ1n) is 17.1. The Morgan fingerprint density at radius 1 is 0.922 bits per heavy atom. The number of carbonyl (C=O) groups is 4. The van der Waals surface area contributed by atoms with E-state index in [4.69, 9.17) is 4.74 Å². The number of nitrogens with one attached hydrogen (secondary N) is 4. The molecule has 0 radical (unpaired) electrons. The zero-order chi connectivity index (χ0) is 35.7. The van der Waals surface area contributed by atoms with Crippen molar-refractivity contribution in [3.63, 3.8) is 0 Å². The number of hydrogen-bond acceptors (Lipinski definition) is 7. The number of H-pyrrole nitrogens is 1. The minimum absolute atomic E-state index is 0.0731. The zero-order valence-corrected chi connectivity index (χ0v) is 30.2. The van der Waals surface area contributed by atoms with Crippen LogP contribution >= 0.6 is 23.1 Å². The fourth-order valence-electron chi connectivity index (χ4n) is 6.16. The van der Waals surface area contributed by atoms with Gasteiger partial charge in [-0.15, -0.1) is 23.1 Å². The van der Waals surface area contributed by atoms with Crippen LogP contribution in [-0.2, 0) is 27.2 Å². The fraction of sp³-hybridized carbons (Fsp3) is 0.250. The lowest BCUT2D eigenvalue weighted by atomic mass is 9.96. The van der Waals surface area contributed by atoms with Crippen molar-refractivity contribution in [2.24, 2.45) is 0 Å². The van der Waals surface area contributed by atoms with Gasteiger partial charge in [-0.3, -0.25) is 14.4 Å². The summed E-state index contributed by atoms with van der Waals surface area (Å²) >= 11 is 2.86. The Morgan fingerprint density at radius 3 is 2.47 bits per heavy atom. The van der Waals surface area contributed by atoms with Crippen LogP contribution in [0.3, 0.4) is 0 Å². The van der Waals surface area contributed by atoms with E-state index < -0.39 is 23.0 Å². The summed E-state index contributed by atoms with van der Waals surface area (Å²) in [6.07, 6.45) is 10.0. The molecule has 1 atom stereocenters. The van der Waals surface area contributed by atoms with Gasteiger partial charge in [0.2, 0.25) is 5.91 Å². The van der Waals surface area contributed by atoms with Gasteiger partial charge in [-0.05, 0) is 80.1 Å². The standard InChI is InChI=1S/C40H40N4O5S2/c1-3-33(38(47)44-39-35(40(48)49-2)30-19-9-4-5-10-21-34(30)51-39)50-28-17-13-16-27(23-28)42-37(46)32(43-36(45)25-14-7-6-8-15-25)22-26-24-41-31-20-12-11-18-29(26)31/h6-8,11-18,20,22-24,33,41H,3-5,9-10,19,21H2,1-2H3,(H,42,46)(H,43,45)(H,44,47)/b32-22-. The summed E-state index contributed by atoms with van der Waals surface area (Å²) in [5, 5.41) is 9.78. The van der Waals surface area contributed by atoms with Gasteiger partial charge in [0, 0.05) is 43.7 Å². The van der Waals surface area contributed by atoms with E-state index in [1.54, 1.807) is 48.7 Å². The third-order valence-electron chi connectivity index (χ3n) is 8.78. The Labute approximate surface area is 305 Å². The van der Waals surface area contributed by atoms with Crippen molar-refractivity contribution in [1.29, 1.82) is 0 Å². The highest BCUT2D eigenvalue weighted by molar-refractivity contribution is 8.00. The van der Waals surface area contributed by atoms with E-state index in [-0.39, 0.29) is 11.6 Å². The lowest BCUT2D eigenvalue weighted by Crippen LogP contribution is -2.30. The molecule has 5 aromatic rings. The number of fused-ring (bicyclic) bond motifs is 2. The van der Waals surface area contributed by atoms with Gasteiger partial charge in [-0.2, -0.15) is 0 Å². The number of benzene rings is 3. The van der Waals surface area contributed by atoms with Crippen molar-refractivity contribution in [2.75, 3.05) is 17.7 Å². The van der Waals surface area contributed by atoms with Gasteiger partial charge in [0.15, 0.2) is 0 Å². The van der Waals surface area contributed by atoms with Crippen LogP contribution in [-0.4, -0.2) is 41.0 Å². The second-order valence-corrected chi connectivity index (χ2v) is 14.6. The number of methoxy groups -OCH3 is 1. The number of rotatable bonds is 11. The van der Waals surface area contributed by atoms with Gasteiger partial charge in [0.05, 0.1) is 17.9 Å². The lowest BCUT2D eigenvalue weighted by molar-refractivity contribution is -0.116. The molecule has 1 aliphatic rings. The second kappa shape index (κ2) is 16.7. The summed E-state index contributed by atoms with van der Waals surface area (Å²) in [6, 6.07) is 23.7. The topological polar surface area (TPSA) is 129 Å². The number of thioether (sulfide) groups is 1. The minimum Gasteiger partial charge on any atom is -0.465 e. The van der Waals surface area contributed by atoms with E-state index in [1.807, 2.05) is 49.4 Å². The molecule has 3 aromatic carbocycles. The molecule has 3 amide bonds. The van der Waals surface area contributed by atoms with Crippen molar-refractivity contribution < 1.29 is 23.9 Å². The maximum Gasteiger partial charge on any atom is 0.341 e. The highest BCUT2D eigenvalue weighted by Gasteiger charge is 2.28. The first-order chi connectivity index (χ1) is 24.8. The molecule has 1 unspecified atom stereocenters. The number of aromatic nitrogens is 1. The third kappa shape index (κ3) is 8.61. The van der Waals surface area contributed by atoms with E-state index >= 15 is 0 Å². The molecule has 262 valence electrons. The maximum atomic E-state index is 13.8. The van der Waals surface area contributed by atoms with Crippen LogP contribution in [0.1, 0.15) is 75.7 Å². The van der Waals surface area contributed by atoms with Crippen molar-refractivity contribution in [3.8, 4) is 0 Å². The van der Waals surface area contributed by atoms with E-state index in [9.17, 15) is 19.2 Å². The normalized spacial score (nSPS) is 13.7. The molecule has 1 aliphatic carbocycles. The number of aryl methyl sites for hydroxylation is 1. The van der Waals surface area contributed by atoms with Crippen LogP contribution in [0, 0.1) is 0 Å². The summed E-state index contributed by atoms with van der Waals surface area (Å²) in [6.45, 7) is 1.94. The predicted octanol–water partition coefficient (Wildman–Crippen LogP) is 8.59. The number of carbonyl (C=O) groups excluding carboxylic acids is 4. The number of para-hydroxylation sites is 1. The molecule has 4 N–H and O–H groups in total. The Hall–Kier alpha value is -5.13. The summed E-state index contributed by atoms with van der Waals surface area (Å²) < 4.78 is 5.14. The Morgan fingerprint density at radius 2 is 1.69 bits per heavy atom. The molecule has 0 saturated carbocycles. The highest BCUT2D eigenvalue weighted by atomic mass is 32.2. The molecule has 0 aliphatic heterocycles. The summed E-state index contributed by atoms with van der Waals surface area (Å²) in [5.41, 5.74) is 4.14. The van der Waals surface area contributed by atoms with Crippen LogP contribution in [0.4, 0.5) is 10.7 Å². The number of hydrogen-bond donors (Lipinski definition) is 4. The van der Waals surface area contributed by atoms with Gasteiger partial charge < -0.3 is 25.7 Å². The number of anilines is 2. The van der Waals surface area contributed by atoms with Gasteiger partial charge in [-0.1, -0.05) is 62.2 Å². The SMILES string of the molecule is CCC(Sc1cccc(NC(=O)/C(=C/c2c[nH]c3ccccc23)NC(=O)c2ccccc2)c1)C(=O)Nc1sc2c(c1C(=O)OC)CCCCCC2. The highest BCUT2D eigenvalue weighted by Crippen LogP contribution is 2.38. The van der Waals surface area contributed by atoms with Crippen LogP contribution in [0.25, 0.3) is 17.0 Å². The Kier molecular flexibility index (Phi) is 11.7. The zero-order valence-electron chi connectivity index (χ0n) is 28.5. The number of esters is 1. The Balaban J connectivity index is 1.20. The maximum absolute atomic E-state index is 13.8. The number of ether oxygens (including phenoxy) is 1. The average molecular weight is 721 g/mol. The van der Waals surface area contributed by atoms with E-state index in [0.29, 0.717) is 28.2 Å². The van der Waals surface area contributed by atoms with E-state index in [0.717, 1.165) is 70.3 Å². The molecular weight excluding hydrogens is 681 g/mol. The average Bonchev–Trinajstić information content (AvgIpc) is 3.70. The first-order valence-corrected chi connectivity index (χ1v) is 18.8. The number of thiophene rings is 1. The van der Waals surface area contributed by atoms with Gasteiger partial charge in [-0.25, -0.2) is 4.79 Å². The molecule has 2 heterocycles. The molecule has 9 nitrogen and oxygen atoms in total. The van der Waals surface area contributed by atoms with Gasteiger partial charge in [0.1, 0.15) is 10.7 Å². The predicted molar refractivity (Wildman–Crippen MR) is 205 cm³/mol. The quantitative estimate of drug-likeness (QED) is 0.0615. The van der Waals surface area contributed by atoms with Crippen molar-refractivity contribution in [1.82, 2.24) is 10.3 Å². The van der Waals surface area contributed by atoms with Gasteiger partial charge in [0.25, 0.3) is 11.8 Å². The molecule has 11 heteroatoms. The summed E-state index contributed by atoms with van der Waals surface area (Å²) in [4.78, 5) is 58.6. The van der Waals surface area contributed by atoms with E-state index in [2.05, 4.69) is 20.9 Å². The molecule has 0 fully saturated rings. The minimum atomic E-state index is -0.500. The van der Waals surface area contributed by atoms with Crippen LogP contribution < -0.4 is 16.0 Å². The largest absolute Gasteiger partial charge is 0.465 e. The fourth-order valence-corrected chi connectivity index (χ4v) is 8.45. The van der Waals surface area contributed by atoms with Crippen molar-refractivity contribution >= 4 is 74.5 Å². The smallest absolute Gasteiger partial charge is 0.341 e. The third-order valence-corrected chi connectivity index (χ3v) is 11.3. The van der Waals surface area contributed by atoms with Crippen LogP contribution in [0.5, 0.6) is 0 Å². The molecule has 2 aromatic heterocycles. The molecule has 51 heavy (non-hydrogen) atoms. The van der Waals surface area contributed by atoms with Crippen molar-refractivity contribution in [2.45, 2.75) is 62.0 Å². The molecule has 6 rings (SSSR count). The second-order valence-electron chi connectivity index (χ2n) is 12.3. The summed E-state index contributed by atoms with van der Waals surface area (Å²) in [7, 11) is 1.37. The van der Waals surface area contributed by atoms with Gasteiger partial charge >= 0.3 is 5.97 Å². The lowest BCUT2D eigenvalue weighted by Gasteiger charge is -2.16.